The van der Waals surface area contributed by atoms with Gasteiger partial charge in [0.05, 0.1) is 11.2 Å². The van der Waals surface area contributed by atoms with Crippen LogP contribution in [0.2, 0.25) is 0 Å². The molecule has 1 fully saturated rings. The molecule has 110 valence electrons. The van der Waals surface area contributed by atoms with Crippen molar-refractivity contribution >= 4 is 28.5 Å². The molecule has 1 aromatic rings. The fourth-order valence-electron chi connectivity index (χ4n) is 2.20. The first-order valence-corrected chi connectivity index (χ1v) is 7.91. The Labute approximate surface area is 130 Å². The third-order valence-corrected chi connectivity index (χ3v) is 4.80. The summed E-state index contributed by atoms with van der Waals surface area (Å²) in [7, 11) is -0.341. The van der Waals surface area contributed by atoms with E-state index >= 15 is 0 Å². The van der Waals surface area contributed by atoms with Gasteiger partial charge in [-0.1, -0.05) is 19.9 Å². The normalized spacial score (nSPS) is 20.7. The van der Waals surface area contributed by atoms with Gasteiger partial charge in [-0.2, -0.15) is 0 Å². The van der Waals surface area contributed by atoms with E-state index in [1.54, 1.807) is 0 Å². The van der Waals surface area contributed by atoms with Crippen LogP contribution in [0.4, 0.5) is 0 Å². The molecule has 0 bridgehead atoms. The van der Waals surface area contributed by atoms with Crippen molar-refractivity contribution in [1.29, 1.82) is 0 Å². The molecular weight excluding hydrogens is 317 g/mol. The van der Waals surface area contributed by atoms with Gasteiger partial charge in [-0.05, 0) is 61.5 Å². The van der Waals surface area contributed by atoms with Crippen molar-refractivity contribution in [3.63, 3.8) is 0 Å². The molecule has 0 saturated carbocycles. The molecule has 0 atom stereocenters. The van der Waals surface area contributed by atoms with Crippen LogP contribution in [-0.2, 0) is 15.7 Å². The number of halogens is 1. The molecule has 20 heavy (non-hydrogen) atoms. The lowest BCUT2D eigenvalue weighted by atomic mass is 9.79. The monoisotopic (exact) mass is 339 g/mol. The van der Waals surface area contributed by atoms with Gasteiger partial charge in [0, 0.05) is 11.7 Å². The number of rotatable bonds is 3. The van der Waals surface area contributed by atoms with Gasteiger partial charge in [-0.15, -0.1) is 0 Å². The quantitative estimate of drug-likeness (QED) is 0.625. The summed E-state index contributed by atoms with van der Waals surface area (Å²) < 4.78 is 13.1. The van der Waals surface area contributed by atoms with E-state index in [4.69, 9.17) is 9.31 Å². The molecule has 0 N–H and O–H groups in total. The highest BCUT2D eigenvalue weighted by atomic mass is 79.9. The van der Waals surface area contributed by atoms with E-state index < -0.39 is 0 Å². The van der Waals surface area contributed by atoms with Gasteiger partial charge in [-0.3, -0.25) is 0 Å². The number of nitrogens with zero attached hydrogens (tertiary/aromatic N) is 1. The van der Waals surface area contributed by atoms with Gasteiger partial charge >= 0.3 is 7.12 Å². The molecule has 0 unspecified atom stereocenters. The molecule has 2 heterocycles. The molecule has 0 radical (unpaired) electrons. The summed E-state index contributed by atoms with van der Waals surface area (Å²) in [6, 6.07) is 2.14. The zero-order valence-corrected chi connectivity index (χ0v) is 14.7. The Morgan fingerprint density at radius 1 is 1.20 bits per heavy atom. The Morgan fingerprint density at radius 3 is 2.25 bits per heavy atom. The van der Waals surface area contributed by atoms with Crippen LogP contribution in [0, 0.1) is 5.92 Å². The Morgan fingerprint density at radius 2 is 1.75 bits per heavy atom. The maximum absolute atomic E-state index is 6.07. The van der Waals surface area contributed by atoms with Gasteiger partial charge in [0.2, 0.25) is 0 Å². The lowest BCUT2D eigenvalue weighted by Gasteiger charge is -2.32. The van der Waals surface area contributed by atoms with Gasteiger partial charge < -0.3 is 9.31 Å². The van der Waals surface area contributed by atoms with E-state index in [1.165, 1.54) is 5.56 Å². The van der Waals surface area contributed by atoms with Crippen molar-refractivity contribution in [2.24, 2.45) is 5.92 Å². The predicted molar refractivity (Wildman–Crippen MR) is 86.2 cm³/mol. The van der Waals surface area contributed by atoms with Crippen LogP contribution >= 0.6 is 15.9 Å². The minimum atomic E-state index is -0.341. The molecule has 1 aliphatic rings. The molecule has 5 heteroatoms. The first kappa shape index (κ1) is 16.0. The average molecular weight is 340 g/mol. The number of pyridine rings is 1. The van der Waals surface area contributed by atoms with E-state index in [-0.39, 0.29) is 18.3 Å². The van der Waals surface area contributed by atoms with Gasteiger partial charge in [0.25, 0.3) is 0 Å². The summed E-state index contributed by atoms with van der Waals surface area (Å²) in [4.78, 5) is 4.43. The van der Waals surface area contributed by atoms with E-state index in [9.17, 15) is 0 Å². The fourth-order valence-corrected chi connectivity index (χ4v) is 2.58. The Hall–Kier alpha value is -0.385. The van der Waals surface area contributed by atoms with Gasteiger partial charge in [-0.25, -0.2) is 4.98 Å². The highest BCUT2D eigenvalue weighted by Crippen LogP contribution is 2.36. The third kappa shape index (κ3) is 3.10. The van der Waals surface area contributed by atoms with E-state index in [2.05, 4.69) is 68.5 Å². The molecule has 0 aliphatic carbocycles. The maximum Gasteiger partial charge on any atom is 0.496 e. The summed E-state index contributed by atoms with van der Waals surface area (Å²) in [6.07, 6.45) is 2.82. The topological polar surface area (TPSA) is 31.4 Å². The molecule has 0 amide bonds. The Balaban J connectivity index is 2.27. The van der Waals surface area contributed by atoms with Crippen molar-refractivity contribution in [1.82, 2.24) is 4.98 Å². The first-order valence-electron chi connectivity index (χ1n) is 7.12. The first-order chi connectivity index (χ1) is 9.12. The standard InChI is InChI=1S/C15H23BBrNO2/c1-10(2)7-11-8-12(9-18-13(11)17)16-19-14(3,4)15(5,6)20-16/h8-10H,7H2,1-6H3. The van der Waals surface area contributed by atoms with Crippen LogP contribution in [-0.4, -0.2) is 23.3 Å². The second-order valence-corrected chi connectivity index (χ2v) is 7.66. The zero-order chi connectivity index (χ0) is 15.1. The number of hydrogen-bond donors (Lipinski definition) is 0. The largest absolute Gasteiger partial charge is 0.496 e. The number of hydrogen-bond acceptors (Lipinski definition) is 3. The Kier molecular flexibility index (Phi) is 4.34. The van der Waals surface area contributed by atoms with Crippen LogP contribution in [0.3, 0.4) is 0 Å². The number of aromatic nitrogens is 1. The van der Waals surface area contributed by atoms with Crippen molar-refractivity contribution in [3.8, 4) is 0 Å². The van der Waals surface area contributed by atoms with Crippen molar-refractivity contribution in [2.75, 3.05) is 0 Å². The average Bonchev–Trinajstić information content (AvgIpc) is 2.50. The summed E-state index contributed by atoms with van der Waals surface area (Å²) in [5.74, 6) is 0.585. The highest BCUT2D eigenvalue weighted by molar-refractivity contribution is 9.10. The second-order valence-electron chi connectivity index (χ2n) is 6.90. The van der Waals surface area contributed by atoms with Crippen LogP contribution in [0.25, 0.3) is 0 Å². The minimum Gasteiger partial charge on any atom is -0.399 e. The lowest BCUT2D eigenvalue weighted by Crippen LogP contribution is -2.41. The molecule has 0 spiro atoms. The molecule has 0 aromatic carbocycles. The van der Waals surface area contributed by atoms with Crippen molar-refractivity contribution in [2.45, 2.75) is 59.2 Å². The van der Waals surface area contributed by atoms with Crippen LogP contribution in [0.15, 0.2) is 16.9 Å². The van der Waals surface area contributed by atoms with Crippen LogP contribution < -0.4 is 5.46 Å². The summed E-state index contributed by atoms with van der Waals surface area (Å²) >= 11 is 3.52. The second kappa shape index (κ2) is 5.43. The third-order valence-electron chi connectivity index (χ3n) is 4.09. The summed E-state index contributed by atoms with van der Waals surface area (Å²) in [5.41, 5.74) is 1.56. The maximum atomic E-state index is 6.07. The summed E-state index contributed by atoms with van der Waals surface area (Å²) in [6.45, 7) is 12.7. The lowest BCUT2D eigenvalue weighted by molar-refractivity contribution is 0.00578. The molecule has 2 rings (SSSR count). The molecule has 3 nitrogen and oxygen atoms in total. The van der Waals surface area contributed by atoms with Crippen LogP contribution in [0.1, 0.15) is 47.1 Å². The van der Waals surface area contributed by atoms with Gasteiger partial charge in [0.15, 0.2) is 0 Å². The summed E-state index contributed by atoms with van der Waals surface area (Å²) in [5, 5.41) is 0. The van der Waals surface area contributed by atoms with Crippen LogP contribution in [0.5, 0.6) is 0 Å². The van der Waals surface area contributed by atoms with E-state index in [1.807, 2.05) is 6.20 Å². The fraction of sp³-hybridized carbons (Fsp3) is 0.667. The zero-order valence-electron chi connectivity index (χ0n) is 13.2. The Bertz CT molecular complexity index is 487. The highest BCUT2D eigenvalue weighted by Gasteiger charge is 2.51. The van der Waals surface area contributed by atoms with E-state index in [0.29, 0.717) is 5.92 Å². The van der Waals surface area contributed by atoms with Crippen molar-refractivity contribution < 1.29 is 9.31 Å². The van der Waals surface area contributed by atoms with Gasteiger partial charge in [0.1, 0.15) is 4.60 Å². The molecular formula is C15H23BBrNO2. The predicted octanol–water partition coefficient (Wildman–Crippen LogP) is 3.34. The SMILES string of the molecule is CC(C)Cc1cc(B2OC(C)(C)C(C)(C)O2)cnc1Br. The molecule has 1 saturated heterocycles. The minimum absolute atomic E-state index is 0.317. The molecule has 1 aliphatic heterocycles. The molecule has 1 aromatic heterocycles. The smallest absolute Gasteiger partial charge is 0.399 e. The van der Waals surface area contributed by atoms with Crippen molar-refractivity contribution in [3.05, 3.63) is 22.4 Å². The van der Waals surface area contributed by atoms with E-state index in [0.717, 1.165) is 16.5 Å².